The molecule has 1 atom stereocenters. The average molecular weight is 249 g/mol. The highest BCUT2D eigenvalue weighted by molar-refractivity contribution is 5.89. The molecule has 94 valence electrons. The highest BCUT2D eigenvalue weighted by Gasteiger charge is 2.46. The minimum Gasteiger partial charge on any atom is -0.381 e. The van der Waals surface area contributed by atoms with Gasteiger partial charge in [-0.05, 0) is 38.5 Å². The second-order valence-electron chi connectivity index (χ2n) is 4.87. The number of carbonyl (C=O) groups is 1. The largest absolute Gasteiger partial charge is 0.381 e. The summed E-state index contributed by atoms with van der Waals surface area (Å²) in [5, 5.41) is 3.03. The zero-order valence-corrected chi connectivity index (χ0v) is 10.5. The van der Waals surface area contributed by atoms with Gasteiger partial charge in [-0.15, -0.1) is 12.4 Å². The molecule has 0 aromatic carbocycles. The summed E-state index contributed by atoms with van der Waals surface area (Å²) in [6.45, 7) is 3.71. The van der Waals surface area contributed by atoms with Gasteiger partial charge >= 0.3 is 0 Å². The smallest absolute Gasteiger partial charge is 0.240 e. The molecule has 3 N–H and O–H groups in total. The van der Waals surface area contributed by atoms with Crippen LogP contribution in [0.4, 0.5) is 0 Å². The number of amides is 1. The molecule has 1 saturated heterocycles. The van der Waals surface area contributed by atoms with Crippen LogP contribution < -0.4 is 11.1 Å². The molecule has 0 bridgehead atoms. The average Bonchev–Trinajstić information content (AvgIpc) is 2.99. The van der Waals surface area contributed by atoms with Gasteiger partial charge in [-0.2, -0.15) is 0 Å². The summed E-state index contributed by atoms with van der Waals surface area (Å²) in [6.07, 6.45) is 3.75. The van der Waals surface area contributed by atoms with Crippen molar-refractivity contribution >= 4 is 18.3 Å². The highest BCUT2D eigenvalue weighted by Crippen LogP contribution is 2.32. The van der Waals surface area contributed by atoms with Gasteiger partial charge in [0.2, 0.25) is 5.91 Å². The maximum Gasteiger partial charge on any atom is 0.240 e. The van der Waals surface area contributed by atoms with Gasteiger partial charge in [0.1, 0.15) is 0 Å². The summed E-state index contributed by atoms with van der Waals surface area (Å²) in [4.78, 5) is 11.7. The summed E-state index contributed by atoms with van der Waals surface area (Å²) in [6, 6.07) is 0.224. The molecule has 1 aliphatic carbocycles. The molecular weight excluding hydrogens is 228 g/mol. The van der Waals surface area contributed by atoms with Gasteiger partial charge in [0.25, 0.3) is 0 Å². The van der Waals surface area contributed by atoms with E-state index in [4.69, 9.17) is 10.5 Å². The van der Waals surface area contributed by atoms with Crippen LogP contribution >= 0.6 is 12.4 Å². The topological polar surface area (TPSA) is 64.4 Å². The number of hydrogen-bond acceptors (Lipinski definition) is 3. The van der Waals surface area contributed by atoms with E-state index in [0.29, 0.717) is 5.92 Å². The van der Waals surface area contributed by atoms with E-state index in [1.165, 1.54) is 0 Å². The fourth-order valence-corrected chi connectivity index (χ4v) is 2.05. The molecule has 2 rings (SSSR count). The van der Waals surface area contributed by atoms with Gasteiger partial charge in [0.15, 0.2) is 0 Å². The Morgan fingerprint density at radius 2 is 2.00 bits per heavy atom. The minimum atomic E-state index is -0.542. The molecule has 4 nitrogen and oxygen atoms in total. The molecule has 0 spiro atoms. The number of halogens is 1. The Labute approximate surface area is 103 Å². The van der Waals surface area contributed by atoms with Crippen LogP contribution in [0.1, 0.15) is 32.6 Å². The van der Waals surface area contributed by atoms with Crippen LogP contribution in [0.15, 0.2) is 0 Å². The monoisotopic (exact) mass is 248 g/mol. The summed E-state index contributed by atoms with van der Waals surface area (Å²) in [7, 11) is 0. The summed E-state index contributed by atoms with van der Waals surface area (Å²) in [5.74, 6) is 0.576. The van der Waals surface area contributed by atoms with E-state index in [1.54, 1.807) is 0 Å². The van der Waals surface area contributed by atoms with E-state index in [2.05, 4.69) is 12.2 Å². The molecule has 1 heterocycles. The third kappa shape index (κ3) is 3.09. The predicted molar refractivity (Wildman–Crippen MR) is 64.5 cm³/mol. The van der Waals surface area contributed by atoms with Crippen molar-refractivity contribution in [2.75, 3.05) is 13.2 Å². The van der Waals surface area contributed by atoms with E-state index in [-0.39, 0.29) is 24.4 Å². The fraction of sp³-hybridized carbons (Fsp3) is 0.909. The van der Waals surface area contributed by atoms with Gasteiger partial charge in [-0.3, -0.25) is 4.79 Å². The Hall–Kier alpha value is -0.320. The quantitative estimate of drug-likeness (QED) is 0.778. The molecule has 1 aliphatic heterocycles. The number of ether oxygens (including phenoxy) is 1. The third-order valence-corrected chi connectivity index (χ3v) is 3.57. The van der Waals surface area contributed by atoms with Crippen molar-refractivity contribution in [2.45, 2.75) is 44.2 Å². The third-order valence-electron chi connectivity index (χ3n) is 3.57. The maximum atomic E-state index is 11.7. The van der Waals surface area contributed by atoms with Gasteiger partial charge in [-0.1, -0.05) is 0 Å². The van der Waals surface area contributed by atoms with Crippen molar-refractivity contribution in [1.82, 2.24) is 5.32 Å². The first-order chi connectivity index (χ1) is 7.12. The van der Waals surface area contributed by atoms with Gasteiger partial charge in [-0.25, -0.2) is 0 Å². The Morgan fingerprint density at radius 1 is 1.44 bits per heavy atom. The van der Waals surface area contributed by atoms with Crippen molar-refractivity contribution in [3.63, 3.8) is 0 Å². The zero-order valence-electron chi connectivity index (χ0n) is 9.70. The SMILES string of the molecule is CC(NC(=O)C1(N)CC1)C1CCOCC1.Cl. The Morgan fingerprint density at radius 3 is 2.50 bits per heavy atom. The molecule has 1 unspecified atom stereocenters. The Balaban J connectivity index is 0.00000128. The molecular formula is C11H21ClN2O2. The van der Waals surface area contributed by atoms with Crippen LogP contribution in [0.3, 0.4) is 0 Å². The van der Waals surface area contributed by atoms with E-state index < -0.39 is 5.54 Å². The van der Waals surface area contributed by atoms with Crippen molar-refractivity contribution < 1.29 is 9.53 Å². The first-order valence-corrected chi connectivity index (χ1v) is 5.79. The van der Waals surface area contributed by atoms with Gasteiger partial charge in [0.05, 0.1) is 5.54 Å². The lowest BCUT2D eigenvalue weighted by molar-refractivity contribution is -0.124. The summed E-state index contributed by atoms with van der Waals surface area (Å²) < 4.78 is 5.30. The zero-order chi connectivity index (χ0) is 10.9. The number of rotatable bonds is 3. The van der Waals surface area contributed by atoms with Crippen molar-refractivity contribution in [1.29, 1.82) is 0 Å². The van der Waals surface area contributed by atoms with Crippen molar-refractivity contribution in [3.8, 4) is 0 Å². The van der Waals surface area contributed by atoms with E-state index >= 15 is 0 Å². The second kappa shape index (κ2) is 5.34. The lowest BCUT2D eigenvalue weighted by Crippen LogP contribution is -2.49. The lowest BCUT2D eigenvalue weighted by Gasteiger charge is -2.29. The number of nitrogens with one attached hydrogen (secondary N) is 1. The molecule has 2 aliphatic rings. The van der Waals surface area contributed by atoms with Crippen LogP contribution in [-0.2, 0) is 9.53 Å². The number of carbonyl (C=O) groups excluding carboxylic acids is 1. The molecule has 0 radical (unpaired) electrons. The van der Waals surface area contributed by atoms with Gasteiger partial charge < -0.3 is 15.8 Å². The molecule has 16 heavy (non-hydrogen) atoms. The molecule has 2 fully saturated rings. The van der Waals surface area contributed by atoms with Crippen LogP contribution in [0.2, 0.25) is 0 Å². The van der Waals surface area contributed by atoms with E-state index in [1.807, 2.05) is 0 Å². The molecule has 1 saturated carbocycles. The van der Waals surface area contributed by atoms with Crippen LogP contribution in [0.25, 0.3) is 0 Å². The second-order valence-corrected chi connectivity index (χ2v) is 4.87. The Bertz CT molecular complexity index is 250. The summed E-state index contributed by atoms with van der Waals surface area (Å²) >= 11 is 0. The maximum absolute atomic E-state index is 11.7. The molecule has 5 heteroatoms. The minimum absolute atomic E-state index is 0. The fourth-order valence-electron chi connectivity index (χ4n) is 2.05. The van der Waals surface area contributed by atoms with E-state index in [9.17, 15) is 4.79 Å². The van der Waals surface area contributed by atoms with Crippen molar-refractivity contribution in [2.24, 2.45) is 11.7 Å². The number of hydrogen-bond donors (Lipinski definition) is 2. The Kier molecular flexibility index (Phi) is 4.59. The predicted octanol–water partition coefficient (Wildman–Crippen LogP) is 0.831. The molecule has 1 amide bonds. The highest BCUT2D eigenvalue weighted by atomic mass is 35.5. The standard InChI is InChI=1S/C11H20N2O2.ClH/c1-8(9-2-6-15-7-3-9)13-10(14)11(12)4-5-11;/h8-9H,2-7,12H2,1H3,(H,13,14);1H. The van der Waals surface area contributed by atoms with Crippen LogP contribution in [0, 0.1) is 5.92 Å². The van der Waals surface area contributed by atoms with Crippen LogP contribution in [-0.4, -0.2) is 30.7 Å². The number of nitrogens with two attached hydrogens (primary N) is 1. The molecule has 0 aromatic heterocycles. The first kappa shape index (κ1) is 13.7. The van der Waals surface area contributed by atoms with Crippen molar-refractivity contribution in [3.05, 3.63) is 0 Å². The van der Waals surface area contributed by atoms with E-state index in [0.717, 1.165) is 38.9 Å². The van der Waals surface area contributed by atoms with Gasteiger partial charge in [0, 0.05) is 19.3 Å². The summed E-state index contributed by atoms with van der Waals surface area (Å²) in [5.41, 5.74) is 5.29. The van der Waals surface area contributed by atoms with Crippen LogP contribution in [0.5, 0.6) is 0 Å². The first-order valence-electron chi connectivity index (χ1n) is 5.79. The lowest BCUT2D eigenvalue weighted by atomic mass is 9.92. The molecule has 0 aromatic rings. The normalized spacial score (nSPS) is 25.4.